The Balaban J connectivity index is 1.01. The first-order valence-electron chi connectivity index (χ1n) is 19.5. The van der Waals surface area contributed by atoms with Crippen molar-refractivity contribution in [3.8, 4) is 50.2 Å². The lowest BCUT2D eigenvalue weighted by molar-refractivity contribution is 1.18. The molecular weight excluding hydrogens is 725 g/mol. The van der Waals surface area contributed by atoms with Crippen LogP contribution in [-0.2, 0) is 0 Å². The summed E-state index contributed by atoms with van der Waals surface area (Å²) in [5.74, 6) is 0.702. The van der Waals surface area contributed by atoms with E-state index in [1.54, 1.807) is 11.3 Å². The summed E-state index contributed by atoms with van der Waals surface area (Å²) >= 11 is 1.75. The maximum absolute atomic E-state index is 5.43. The van der Waals surface area contributed by atoms with Gasteiger partial charge in [0.15, 0.2) is 5.82 Å². The molecule has 58 heavy (non-hydrogen) atoms. The monoisotopic (exact) mass is 756 g/mol. The second-order valence-corrected chi connectivity index (χ2v) is 15.8. The maximum Gasteiger partial charge on any atom is 0.160 e. The van der Waals surface area contributed by atoms with E-state index in [0.717, 1.165) is 60.6 Å². The van der Waals surface area contributed by atoms with Crippen molar-refractivity contribution in [3.05, 3.63) is 194 Å². The Morgan fingerprint density at radius 1 is 0.379 bits per heavy atom. The van der Waals surface area contributed by atoms with E-state index < -0.39 is 0 Å². The number of hydrogen-bond donors (Lipinski definition) is 0. The summed E-state index contributed by atoms with van der Waals surface area (Å²) in [5.41, 5.74) is 10.5. The quantitative estimate of drug-likeness (QED) is 0.164. The fourth-order valence-electron chi connectivity index (χ4n) is 8.67. The summed E-state index contributed by atoms with van der Waals surface area (Å²) in [4.78, 5) is 15.6. The van der Waals surface area contributed by atoms with Gasteiger partial charge in [-0.25, -0.2) is 15.0 Å². The lowest BCUT2D eigenvalue weighted by atomic mass is 9.99. The minimum absolute atomic E-state index is 0.702. The van der Waals surface area contributed by atoms with Crippen molar-refractivity contribution in [1.29, 1.82) is 0 Å². The van der Waals surface area contributed by atoms with Crippen LogP contribution < -0.4 is 0 Å². The summed E-state index contributed by atoms with van der Waals surface area (Å²) in [6.45, 7) is 0. The van der Waals surface area contributed by atoms with Gasteiger partial charge in [0.2, 0.25) is 0 Å². The van der Waals surface area contributed by atoms with Crippen LogP contribution in [0.1, 0.15) is 0 Å². The van der Waals surface area contributed by atoms with Gasteiger partial charge in [-0.1, -0.05) is 152 Å². The van der Waals surface area contributed by atoms with E-state index >= 15 is 0 Å². The highest BCUT2D eigenvalue weighted by Crippen LogP contribution is 2.42. The Morgan fingerprint density at radius 3 is 1.78 bits per heavy atom. The number of hydrogen-bond acceptors (Lipinski definition) is 4. The van der Waals surface area contributed by atoms with Gasteiger partial charge in [0.1, 0.15) is 5.01 Å². The molecule has 3 heterocycles. The van der Waals surface area contributed by atoms with Crippen molar-refractivity contribution in [2.45, 2.75) is 0 Å². The minimum Gasteiger partial charge on any atom is -0.309 e. The molecular formula is C53H32N4S. The van der Waals surface area contributed by atoms with E-state index in [1.165, 1.54) is 48.1 Å². The van der Waals surface area contributed by atoms with E-state index in [1.807, 2.05) is 12.1 Å². The van der Waals surface area contributed by atoms with Crippen molar-refractivity contribution < 1.29 is 0 Å². The van der Waals surface area contributed by atoms with Gasteiger partial charge in [-0.2, -0.15) is 0 Å². The molecule has 4 nitrogen and oxygen atoms in total. The summed E-state index contributed by atoms with van der Waals surface area (Å²) in [6, 6.07) is 69.0. The first kappa shape index (κ1) is 32.7. The lowest BCUT2D eigenvalue weighted by Crippen LogP contribution is -1.96. The number of aromatic nitrogens is 4. The smallest absolute Gasteiger partial charge is 0.160 e. The van der Waals surface area contributed by atoms with E-state index in [2.05, 4.69) is 187 Å². The number of thiazole rings is 1. The zero-order valence-corrected chi connectivity index (χ0v) is 32.0. The first-order chi connectivity index (χ1) is 28.7. The molecule has 3 aromatic heterocycles. The molecule has 9 aromatic carbocycles. The second-order valence-electron chi connectivity index (χ2n) is 14.8. The van der Waals surface area contributed by atoms with Gasteiger partial charge < -0.3 is 4.57 Å². The van der Waals surface area contributed by atoms with Crippen LogP contribution in [0.3, 0.4) is 0 Å². The van der Waals surface area contributed by atoms with Crippen LogP contribution in [-0.4, -0.2) is 19.5 Å². The van der Waals surface area contributed by atoms with Crippen molar-refractivity contribution in [1.82, 2.24) is 19.5 Å². The summed E-state index contributed by atoms with van der Waals surface area (Å²) in [5, 5.41) is 10.7. The van der Waals surface area contributed by atoms with E-state index in [9.17, 15) is 0 Å². The van der Waals surface area contributed by atoms with Crippen molar-refractivity contribution in [2.75, 3.05) is 0 Å². The average molecular weight is 757 g/mol. The van der Waals surface area contributed by atoms with E-state index in [-0.39, 0.29) is 0 Å². The fourth-order valence-corrected chi connectivity index (χ4v) is 9.64. The molecule has 270 valence electrons. The van der Waals surface area contributed by atoms with Crippen LogP contribution in [0.25, 0.3) is 115 Å². The Morgan fingerprint density at radius 2 is 1.00 bits per heavy atom. The highest BCUT2D eigenvalue weighted by atomic mass is 32.1. The van der Waals surface area contributed by atoms with Crippen LogP contribution in [0.15, 0.2) is 194 Å². The number of para-hydroxylation sites is 1. The van der Waals surface area contributed by atoms with Gasteiger partial charge in [0, 0.05) is 44.1 Å². The van der Waals surface area contributed by atoms with Gasteiger partial charge in [0.05, 0.1) is 32.6 Å². The molecule has 0 aliphatic rings. The molecule has 0 amide bonds. The zero-order valence-electron chi connectivity index (χ0n) is 31.2. The minimum atomic E-state index is 0.702. The number of rotatable bonds is 5. The molecule has 12 rings (SSSR count). The molecule has 0 aliphatic carbocycles. The summed E-state index contributed by atoms with van der Waals surface area (Å²) < 4.78 is 3.57. The Bertz CT molecular complexity index is 3500. The third-order valence-electron chi connectivity index (χ3n) is 11.4. The second kappa shape index (κ2) is 13.1. The van der Waals surface area contributed by atoms with Crippen LogP contribution in [0.5, 0.6) is 0 Å². The van der Waals surface area contributed by atoms with Crippen molar-refractivity contribution in [2.24, 2.45) is 0 Å². The molecule has 0 aliphatic heterocycles. The standard InChI is InChI=1S/C53H32N4S/c1-4-13-34(14-5-1)44-32-45(35-15-6-2-7-16-35)55-52(54-44)38-22-26-42-37(30-38)21-20-36-25-29-48-51(49(36)42)56-53(58-48)39-23-27-43-47(31-39)57(40-17-8-3-9-18-40)46-28-24-33-12-10-11-19-41(33)50(43)46/h1-32H. The largest absolute Gasteiger partial charge is 0.309 e. The van der Waals surface area contributed by atoms with Gasteiger partial charge in [-0.05, 0) is 69.4 Å². The third kappa shape index (κ3) is 5.25. The predicted octanol–water partition coefficient (Wildman–Crippen LogP) is 14.3. The maximum atomic E-state index is 5.43. The molecule has 5 heteroatoms. The average Bonchev–Trinajstić information content (AvgIpc) is 3.89. The highest BCUT2D eigenvalue weighted by Gasteiger charge is 2.19. The third-order valence-corrected chi connectivity index (χ3v) is 12.5. The van der Waals surface area contributed by atoms with E-state index in [0.29, 0.717) is 5.82 Å². The number of nitrogens with zero attached hydrogens (tertiary/aromatic N) is 4. The van der Waals surface area contributed by atoms with Gasteiger partial charge in [-0.3, -0.25) is 0 Å². The Kier molecular flexibility index (Phi) is 7.37. The Labute approximate surface area is 338 Å². The molecule has 0 saturated heterocycles. The topological polar surface area (TPSA) is 43.6 Å². The van der Waals surface area contributed by atoms with Crippen LogP contribution >= 0.6 is 11.3 Å². The van der Waals surface area contributed by atoms with Crippen LogP contribution in [0.2, 0.25) is 0 Å². The molecule has 0 spiro atoms. The molecule has 0 N–H and O–H groups in total. The van der Waals surface area contributed by atoms with Crippen molar-refractivity contribution >= 4 is 75.7 Å². The molecule has 12 aromatic rings. The molecule has 0 bridgehead atoms. The molecule has 0 radical (unpaired) electrons. The van der Waals surface area contributed by atoms with Crippen LogP contribution in [0, 0.1) is 0 Å². The molecule has 0 saturated carbocycles. The SMILES string of the molecule is c1ccc(-c2cc(-c3ccccc3)nc(-c3ccc4c(ccc5ccc6sc(-c7ccc8c9c%10ccccc%10ccc9n(-c9ccccc9)c8c7)nc6c54)c3)n2)cc1. The summed E-state index contributed by atoms with van der Waals surface area (Å²) in [7, 11) is 0. The van der Waals surface area contributed by atoms with Gasteiger partial charge >= 0.3 is 0 Å². The first-order valence-corrected chi connectivity index (χ1v) is 20.3. The highest BCUT2D eigenvalue weighted by molar-refractivity contribution is 7.21. The molecule has 0 atom stereocenters. The summed E-state index contributed by atoms with van der Waals surface area (Å²) in [6.07, 6.45) is 0. The fraction of sp³-hybridized carbons (Fsp3) is 0. The lowest BCUT2D eigenvalue weighted by Gasteiger charge is -2.11. The van der Waals surface area contributed by atoms with Crippen LogP contribution in [0.4, 0.5) is 0 Å². The number of benzene rings is 9. The zero-order chi connectivity index (χ0) is 38.2. The van der Waals surface area contributed by atoms with Gasteiger partial charge in [0.25, 0.3) is 0 Å². The predicted molar refractivity (Wildman–Crippen MR) is 244 cm³/mol. The van der Waals surface area contributed by atoms with Gasteiger partial charge in [-0.15, -0.1) is 11.3 Å². The Hall–Kier alpha value is -7.47. The number of fused-ring (bicyclic) bond motifs is 10. The molecule has 0 fully saturated rings. The molecule has 0 unspecified atom stereocenters. The normalized spacial score (nSPS) is 11.8. The van der Waals surface area contributed by atoms with Crippen molar-refractivity contribution in [3.63, 3.8) is 0 Å². The van der Waals surface area contributed by atoms with E-state index in [4.69, 9.17) is 15.0 Å².